The van der Waals surface area contributed by atoms with Gasteiger partial charge in [-0.25, -0.2) is 0 Å². The van der Waals surface area contributed by atoms with E-state index in [1.165, 1.54) is 44.1 Å². The van der Waals surface area contributed by atoms with Gasteiger partial charge >= 0.3 is 0 Å². The molecule has 20 heavy (non-hydrogen) atoms. The highest BCUT2D eigenvalue weighted by Gasteiger charge is 2.12. The Kier molecular flexibility index (Phi) is 5.91. The van der Waals surface area contributed by atoms with Gasteiger partial charge in [0.05, 0.1) is 5.56 Å². The Balaban J connectivity index is 1.88. The van der Waals surface area contributed by atoms with Crippen LogP contribution in [0, 0.1) is 0 Å². The number of aromatic amines is 1. The number of thioether (sulfide) groups is 1. The minimum Gasteiger partial charge on any atom is -0.493 e. The Bertz CT molecular complexity index is 484. The molecule has 1 aliphatic heterocycles. The fourth-order valence-electron chi connectivity index (χ4n) is 2.46. The van der Waals surface area contributed by atoms with Crippen molar-refractivity contribution in [2.45, 2.75) is 44.2 Å². The van der Waals surface area contributed by atoms with Crippen LogP contribution in [0.15, 0.2) is 9.95 Å². The molecule has 0 aliphatic carbocycles. The van der Waals surface area contributed by atoms with Gasteiger partial charge < -0.3 is 15.0 Å². The van der Waals surface area contributed by atoms with Gasteiger partial charge in [-0.05, 0) is 32.4 Å². The standard InChI is InChI=1S/C14H23N3O2S/c1-2-6-11-12(18)15-14(16-13(11)19)20-10-9-17-7-4-3-5-8-17/h2-10H2,1H3,(H2,15,16,18,19). The first-order chi connectivity index (χ1) is 9.70. The third-order valence-corrected chi connectivity index (χ3v) is 4.42. The molecular weight excluding hydrogens is 274 g/mol. The lowest BCUT2D eigenvalue weighted by Crippen LogP contribution is -2.31. The summed E-state index contributed by atoms with van der Waals surface area (Å²) in [5, 5.41) is 10.3. The normalized spacial score (nSPS) is 16.4. The second-order valence-corrected chi connectivity index (χ2v) is 6.26. The number of rotatable bonds is 6. The minimum absolute atomic E-state index is 0.115. The molecular formula is C14H23N3O2S. The number of nitrogens with zero attached hydrogens (tertiary/aromatic N) is 2. The van der Waals surface area contributed by atoms with Crippen molar-refractivity contribution < 1.29 is 5.11 Å². The van der Waals surface area contributed by atoms with Gasteiger partial charge in [0.25, 0.3) is 5.56 Å². The highest BCUT2D eigenvalue weighted by molar-refractivity contribution is 7.99. The minimum atomic E-state index is -0.208. The molecule has 6 heteroatoms. The molecule has 2 rings (SSSR count). The second kappa shape index (κ2) is 7.69. The van der Waals surface area contributed by atoms with Crippen molar-refractivity contribution in [1.82, 2.24) is 14.9 Å². The summed E-state index contributed by atoms with van der Waals surface area (Å²) in [7, 11) is 0. The van der Waals surface area contributed by atoms with Crippen LogP contribution in [0.3, 0.4) is 0 Å². The third-order valence-electron chi connectivity index (χ3n) is 3.57. The number of H-pyrrole nitrogens is 1. The molecule has 0 unspecified atom stereocenters. The van der Waals surface area contributed by atoms with E-state index in [2.05, 4.69) is 14.9 Å². The number of hydrogen-bond acceptors (Lipinski definition) is 5. The molecule has 1 aromatic heterocycles. The fourth-order valence-corrected chi connectivity index (χ4v) is 3.32. The van der Waals surface area contributed by atoms with E-state index >= 15 is 0 Å². The average Bonchev–Trinajstić information content (AvgIpc) is 2.44. The summed E-state index contributed by atoms with van der Waals surface area (Å²) in [5.74, 6) is 0.770. The largest absolute Gasteiger partial charge is 0.493 e. The van der Waals surface area contributed by atoms with Gasteiger partial charge in [0, 0.05) is 12.3 Å². The zero-order valence-electron chi connectivity index (χ0n) is 12.0. The monoisotopic (exact) mass is 297 g/mol. The van der Waals surface area contributed by atoms with Crippen molar-refractivity contribution in [1.29, 1.82) is 0 Å². The van der Waals surface area contributed by atoms with Crippen molar-refractivity contribution in [2.24, 2.45) is 0 Å². The van der Waals surface area contributed by atoms with E-state index in [9.17, 15) is 9.90 Å². The van der Waals surface area contributed by atoms with E-state index in [4.69, 9.17) is 0 Å². The highest BCUT2D eigenvalue weighted by Crippen LogP contribution is 2.18. The predicted molar refractivity (Wildman–Crippen MR) is 81.5 cm³/mol. The Morgan fingerprint density at radius 1 is 1.35 bits per heavy atom. The zero-order valence-corrected chi connectivity index (χ0v) is 12.8. The number of piperidine rings is 1. The third kappa shape index (κ3) is 4.24. The van der Waals surface area contributed by atoms with Crippen LogP contribution in [0.4, 0.5) is 0 Å². The summed E-state index contributed by atoms with van der Waals surface area (Å²) in [6.45, 7) is 5.32. The summed E-state index contributed by atoms with van der Waals surface area (Å²) in [6, 6.07) is 0. The van der Waals surface area contributed by atoms with E-state index in [-0.39, 0.29) is 11.4 Å². The number of aromatic hydroxyl groups is 1. The molecule has 0 amide bonds. The molecule has 0 aromatic carbocycles. The number of hydrogen-bond donors (Lipinski definition) is 2. The lowest BCUT2D eigenvalue weighted by molar-refractivity contribution is 0.242. The lowest BCUT2D eigenvalue weighted by Gasteiger charge is -2.25. The first kappa shape index (κ1) is 15.4. The zero-order chi connectivity index (χ0) is 14.4. The fraction of sp³-hybridized carbons (Fsp3) is 0.714. The van der Waals surface area contributed by atoms with Crippen LogP contribution in [0.2, 0.25) is 0 Å². The van der Waals surface area contributed by atoms with Crippen LogP contribution in [0.1, 0.15) is 38.2 Å². The van der Waals surface area contributed by atoms with Gasteiger partial charge in [-0.1, -0.05) is 31.5 Å². The summed E-state index contributed by atoms with van der Waals surface area (Å²) in [6.07, 6.45) is 5.29. The maximum atomic E-state index is 11.8. The van der Waals surface area contributed by atoms with Crippen molar-refractivity contribution in [3.05, 3.63) is 15.9 Å². The lowest BCUT2D eigenvalue weighted by atomic mass is 10.1. The molecule has 2 N–H and O–H groups in total. The van der Waals surface area contributed by atoms with Crippen LogP contribution >= 0.6 is 11.8 Å². The highest BCUT2D eigenvalue weighted by atomic mass is 32.2. The molecule has 112 valence electrons. The van der Waals surface area contributed by atoms with Crippen LogP contribution in [-0.2, 0) is 6.42 Å². The summed E-state index contributed by atoms with van der Waals surface area (Å²) < 4.78 is 0. The first-order valence-electron chi connectivity index (χ1n) is 7.38. The van der Waals surface area contributed by atoms with Gasteiger partial charge in [-0.2, -0.15) is 4.98 Å². The van der Waals surface area contributed by atoms with Crippen molar-refractivity contribution in [2.75, 3.05) is 25.4 Å². The number of aromatic nitrogens is 2. The molecule has 5 nitrogen and oxygen atoms in total. The van der Waals surface area contributed by atoms with Gasteiger partial charge in [0.15, 0.2) is 5.16 Å². The van der Waals surface area contributed by atoms with Gasteiger partial charge in [-0.3, -0.25) is 4.79 Å². The predicted octanol–water partition coefficient (Wildman–Crippen LogP) is 2.01. The van der Waals surface area contributed by atoms with Crippen molar-refractivity contribution in [3.8, 4) is 5.88 Å². The van der Waals surface area contributed by atoms with E-state index in [1.54, 1.807) is 0 Å². The average molecular weight is 297 g/mol. The van der Waals surface area contributed by atoms with Crippen LogP contribution < -0.4 is 5.56 Å². The maximum absolute atomic E-state index is 11.8. The molecule has 0 atom stereocenters. The van der Waals surface area contributed by atoms with E-state index in [0.29, 0.717) is 17.1 Å². The number of likely N-dealkylation sites (tertiary alicyclic amines) is 1. The summed E-state index contributed by atoms with van der Waals surface area (Å²) in [4.78, 5) is 21.1. The van der Waals surface area contributed by atoms with E-state index in [0.717, 1.165) is 18.7 Å². The first-order valence-corrected chi connectivity index (χ1v) is 8.36. The molecule has 0 bridgehead atoms. The molecule has 0 saturated carbocycles. The summed E-state index contributed by atoms with van der Waals surface area (Å²) in [5.41, 5.74) is 0.188. The number of nitrogens with one attached hydrogen (secondary N) is 1. The Labute approximate surface area is 123 Å². The molecule has 1 fully saturated rings. The Morgan fingerprint density at radius 3 is 2.75 bits per heavy atom. The van der Waals surface area contributed by atoms with Crippen molar-refractivity contribution in [3.63, 3.8) is 0 Å². The van der Waals surface area contributed by atoms with Gasteiger partial charge in [0.1, 0.15) is 0 Å². The smallest absolute Gasteiger partial charge is 0.258 e. The van der Waals surface area contributed by atoms with Crippen LogP contribution in [0.5, 0.6) is 5.88 Å². The second-order valence-electron chi connectivity index (χ2n) is 5.17. The quantitative estimate of drug-likeness (QED) is 0.621. The molecule has 1 aromatic rings. The van der Waals surface area contributed by atoms with E-state index < -0.39 is 0 Å². The van der Waals surface area contributed by atoms with E-state index in [1.807, 2.05) is 6.92 Å². The SMILES string of the molecule is CCCc1c(O)nc(SCCN2CCCCC2)[nH]c1=O. The molecule has 0 spiro atoms. The molecule has 2 heterocycles. The Morgan fingerprint density at radius 2 is 2.10 bits per heavy atom. The van der Waals surface area contributed by atoms with Crippen molar-refractivity contribution >= 4 is 11.8 Å². The van der Waals surface area contributed by atoms with Crippen LogP contribution in [-0.4, -0.2) is 45.4 Å². The summed E-state index contributed by atoms with van der Waals surface area (Å²) >= 11 is 1.50. The Hall–Kier alpha value is -1.01. The topological polar surface area (TPSA) is 69.2 Å². The van der Waals surface area contributed by atoms with Crippen LogP contribution in [0.25, 0.3) is 0 Å². The molecule has 0 radical (unpaired) electrons. The van der Waals surface area contributed by atoms with Gasteiger partial charge in [0.2, 0.25) is 5.88 Å². The molecule has 1 aliphatic rings. The molecule has 1 saturated heterocycles. The van der Waals surface area contributed by atoms with Gasteiger partial charge in [-0.15, -0.1) is 0 Å². The maximum Gasteiger partial charge on any atom is 0.258 e.